The van der Waals surface area contributed by atoms with Gasteiger partial charge in [0.25, 0.3) is 0 Å². The Morgan fingerprint density at radius 1 is 0.967 bits per heavy atom. The lowest BCUT2D eigenvalue weighted by atomic mass is 9.97. The van der Waals surface area contributed by atoms with Crippen molar-refractivity contribution in [1.29, 1.82) is 0 Å². The van der Waals surface area contributed by atoms with Crippen molar-refractivity contribution in [3.63, 3.8) is 0 Å². The van der Waals surface area contributed by atoms with Gasteiger partial charge in [0.2, 0.25) is 5.75 Å². The summed E-state index contributed by atoms with van der Waals surface area (Å²) in [5.41, 5.74) is 1.96. The molecule has 1 N–H and O–H groups in total. The van der Waals surface area contributed by atoms with Gasteiger partial charge in [-0.2, -0.15) is 5.10 Å². The Bertz CT molecular complexity index is 1190. The first-order valence-corrected chi connectivity index (χ1v) is 9.05. The molecular formula is C22H20N2O6. The highest BCUT2D eigenvalue weighted by Gasteiger charge is 2.26. The third-order valence-corrected chi connectivity index (χ3v) is 4.81. The van der Waals surface area contributed by atoms with E-state index in [-0.39, 0.29) is 5.78 Å². The number of carbonyl (C=O) groups is 1. The van der Waals surface area contributed by atoms with Gasteiger partial charge in [0.15, 0.2) is 17.3 Å². The largest absolute Gasteiger partial charge is 0.497 e. The second-order valence-corrected chi connectivity index (χ2v) is 6.40. The molecular weight excluding hydrogens is 388 g/mol. The lowest BCUT2D eigenvalue weighted by Gasteiger charge is -2.13. The van der Waals surface area contributed by atoms with Crippen LogP contribution in [0.2, 0.25) is 0 Å². The van der Waals surface area contributed by atoms with Crippen molar-refractivity contribution in [2.75, 3.05) is 28.4 Å². The van der Waals surface area contributed by atoms with Crippen LogP contribution in [0.3, 0.4) is 0 Å². The molecule has 0 bridgehead atoms. The number of hydrogen-bond donors (Lipinski definition) is 1. The Balaban J connectivity index is 1.94. The van der Waals surface area contributed by atoms with Gasteiger partial charge in [0.05, 0.1) is 45.8 Å². The SMILES string of the molecule is COc1ccc2c(C(=O)c3cc(OC)c(OC)c(OC)c3)c(-c3cn[nH]c3)oc2c1. The molecule has 4 aromatic rings. The number of aromatic amines is 1. The normalized spacial score (nSPS) is 10.8. The number of carbonyl (C=O) groups excluding carboxylic acids is 1. The molecule has 0 amide bonds. The zero-order valence-electron chi connectivity index (χ0n) is 16.9. The summed E-state index contributed by atoms with van der Waals surface area (Å²) in [6, 6.07) is 8.55. The molecule has 0 saturated heterocycles. The average Bonchev–Trinajstić information content (AvgIpc) is 3.44. The zero-order chi connectivity index (χ0) is 21.3. The van der Waals surface area contributed by atoms with Crippen molar-refractivity contribution in [1.82, 2.24) is 10.2 Å². The van der Waals surface area contributed by atoms with E-state index in [4.69, 9.17) is 23.4 Å². The van der Waals surface area contributed by atoms with E-state index in [0.29, 0.717) is 56.4 Å². The molecule has 30 heavy (non-hydrogen) atoms. The number of benzene rings is 2. The van der Waals surface area contributed by atoms with Crippen molar-refractivity contribution in [2.45, 2.75) is 0 Å². The number of rotatable bonds is 7. The van der Waals surface area contributed by atoms with Crippen molar-refractivity contribution >= 4 is 16.8 Å². The quantitative estimate of drug-likeness (QED) is 0.460. The van der Waals surface area contributed by atoms with Crippen LogP contribution in [0.5, 0.6) is 23.0 Å². The molecule has 0 aliphatic rings. The molecule has 0 aliphatic heterocycles. The molecule has 2 aromatic carbocycles. The number of ketones is 1. The predicted molar refractivity (Wildman–Crippen MR) is 110 cm³/mol. The van der Waals surface area contributed by atoms with Crippen LogP contribution in [0.1, 0.15) is 15.9 Å². The fourth-order valence-corrected chi connectivity index (χ4v) is 3.36. The van der Waals surface area contributed by atoms with Gasteiger partial charge in [-0.3, -0.25) is 9.89 Å². The first kappa shape index (κ1) is 19.4. The number of methoxy groups -OCH3 is 4. The minimum Gasteiger partial charge on any atom is -0.497 e. The molecule has 0 unspecified atom stereocenters. The Kier molecular flexibility index (Phi) is 5.05. The highest BCUT2D eigenvalue weighted by Crippen LogP contribution is 2.41. The van der Waals surface area contributed by atoms with E-state index in [1.807, 2.05) is 0 Å². The number of furan rings is 1. The first-order chi connectivity index (χ1) is 14.6. The molecule has 8 heteroatoms. The van der Waals surface area contributed by atoms with Crippen LogP contribution in [-0.4, -0.2) is 44.4 Å². The van der Waals surface area contributed by atoms with Gasteiger partial charge in [-0.25, -0.2) is 0 Å². The molecule has 0 aliphatic carbocycles. The second-order valence-electron chi connectivity index (χ2n) is 6.40. The summed E-state index contributed by atoms with van der Waals surface area (Å²) < 4.78 is 27.5. The fourth-order valence-electron chi connectivity index (χ4n) is 3.36. The van der Waals surface area contributed by atoms with Crippen LogP contribution in [0.25, 0.3) is 22.3 Å². The highest BCUT2D eigenvalue weighted by molar-refractivity contribution is 6.20. The molecule has 2 heterocycles. The number of nitrogens with one attached hydrogen (secondary N) is 1. The van der Waals surface area contributed by atoms with Crippen LogP contribution in [0.15, 0.2) is 47.1 Å². The maximum absolute atomic E-state index is 13.7. The number of H-pyrrole nitrogens is 1. The molecule has 0 radical (unpaired) electrons. The van der Waals surface area contributed by atoms with Crippen molar-refractivity contribution in [3.05, 3.63) is 53.9 Å². The zero-order valence-corrected chi connectivity index (χ0v) is 16.9. The summed E-state index contributed by atoms with van der Waals surface area (Å²) in [5.74, 6) is 1.97. The summed E-state index contributed by atoms with van der Waals surface area (Å²) in [6.07, 6.45) is 3.27. The molecule has 0 saturated carbocycles. The van der Waals surface area contributed by atoms with E-state index in [1.54, 1.807) is 49.8 Å². The summed E-state index contributed by atoms with van der Waals surface area (Å²) in [7, 11) is 6.09. The van der Waals surface area contributed by atoms with E-state index in [0.717, 1.165) is 0 Å². The summed E-state index contributed by atoms with van der Waals surface area (Å²) in [6.45, 7) is 0. The fraction of sp³-hybridized carbons (Fsp3) is 0.182. The van der Waals surface area contributed by atoms with Gasteiger partial charge in [-0.1, -0.05) is 0 Å². The number of hydrogen-bond acceptors (Lipinski definition) is 7. The lowest BCUT2D eigenvalue weighted by Crippen LogP contribution is -2.05. The van der Waals surface area contributed by atoms with Crippen molar-refractivity contribution in [3.8, 4) is 34.3 Å². The van der Waals surface area contributed by atoms with Crippen LogP contribution < -0.4 is 18.9 Å². The van der Waals surface area contributed by atoms with Crippen LogP contribution in [0, 0.1) is 0 Å². The van der Waals surface area contributed by atoms with E-state index in [2.05, 4.69) is 10.2 Å². The highest BCUT2D eigenvalue weighted by atomic mass is 16.5. The van der Waals surface area contributed by atoms with Crippen molar-refractivity contribution < 1.29 is 28.2 Å². The number of aromatic nitrogens is 2. The van der Waals surface area contributed by atoms with E-state index in [1.165, 1.54) is 21.3 Å². The van der Waals surface area contributed by atoms with Gasteiger partial charge in [0.1, 0.15) is 17.1 Å². The Hall–Kier alpha value is -3.94. The summed E-state index contributed by atoms with van der Waals surface area (Å²) in [4.78, 5) is 13.7. The smallest absolute Gasteiger partial charge is 0.203 e. The van der Waals surface area contributed by atoms with E-state index >= 15 is 0 Å². The predicted octanol–water partition coefficient (Wildman–Crippen LogP) is 4.09. The maximum Gasteiger partial charge on any atom is 0.203 e. The Morgan fingerprint density at radius 3 is 2.27 bits per heavy atom. The molecule has 0 atom stereocenters. The first-order valence-electron chi connectivity index (χ1n) is 9.05. The van der Waals surface area contributed by atoms with Crippen LogP contribution in [0.4, 0.5) is 0 Å². The molecule has 0 fully saturated rings. The molecule has 2 aromatic heterocycles. The van der Waals surface area contributed by atoms with Gasteiger partial charge in [-0.15, -0.1) is 0 Å². The maximum atomic E-state index is 13.7. The number of ether oxygens (including phenoxy) is 4. The van der Waals surface area contributed by atoms with Gasteiger partial charge in [0, 0.05) is 23.2 Å². The third-order valence-electron chi connectivity index (χ3n) is 4.81. The van der Waals surface area contributed by atoms with E-state index in [9.17, 15) is 4.79 Å². The topological polar surface area (TPSA) is 95.8 Å². The third kappa shape index (κ3) is 3.12. The summed E-state index contributed by atoms with van der Waals surface area (Å²) in [5, 5.41) is 7.38. The minimum atomic E-state index is -0.255. The monoisotopic (exact) mass is 408 g/mol. The Morgan fingerprint density at radius 2 is 1.70 bits per heavy atom. The van der Waals surface area contributed by atoms with Crippen molar-refractivity contribution in [2.24, 2.45) is 0 Å². The molecule has 8 nitrogen and oxygen atoms in total. The molecule has 0 spiro atoms. The number of fused-ring (bicyclic) bond motifs is 1. The van der Waals surface area contributed by atoms with Crippen LogP contribution >= 0.6 is 0 Å². The average molecular weight is 408 g/mol. The van der Waals surface area contributed by atoms with E-state index < -0.39 is 0 Å². The molecule has 154 valence electrons. The summed E-state index contributed by atoms with van der Waals surface area (Å²) >= 11 is 0. The van der Waals surface area contributed by atoms with Gasteiger partial charge >= 0.3 is 0 Å². The second kappa shape index (κ2) is 7.82. The van der Waals surface area contributed by atoms with Gasteiger partial charge < -0.3 is 23.4 Å². The lowest BCUT2D eigenvalue weighted by molar-refractivity contribution is 0.103. The van der Waals surface area contributed by atoms with Crippen LogP contribution in [-0.2, 0) is 0 Å². The Labute approximate surface area is 172 Å². The number of nitrogens with zero attached hydrogens (tertiary/aromatic N) is 1. The molecule has 4 rings (SSSR count). The minimum absolute atomic E-state index is 0.255. The standard InChI is InChI=1S/C22H20N2O6/c1-26-14-5-6-15-16(9-14)30-21(13-10-23-24-11-13)19(15)20(25)12-7-17(27-2)22(29-4)18(8-12)28-3/h5-11H,1-4H3,(H,23,24). The van der Waals surface area contributed by atoms with Gasteiger partial charge in [-0.05, 0) is 24.3 Å².